The lowest BCUT2D eigenvalue weighted by Crippen LogP contribution is -2.15. The molecule has 2 aromatic carbocycles. The van der Waals surface area contributed by atoms with E-state index in [-0.39, 0.29) is 40.4 Å². The second-order valence-corrected chi connectivity index (χ2v) is 5.25. The second kappa shape index (κ2) is 7.33. The highest BCUT2D eigenvalue weighted by Gasteiger charge is 2.09. The first-order chi connectivity index (χ1) is 10.5. The van der Waals surface area contributed by atoms with Crippen molar-refractivity contribution < 1.29 is 13.9 Å². The van der Waals surface area contributed by atoms with Gasteiger partial charge in [0, 0.05) is 5.69 Å². The Hall–Kier alpha value is -1.98. The number of carbonyl (C=O) groups excluding carboxylic acids is 1. The van der Waals surface area contributed by atoms with Gasteiger partial charge in [-0.25, -0.2) is 4.39 Å². The van der Waals surface area contributed by atoms with E-state index in [1.165, 1.54) is 24.3 Å². The van der Waals surface area contributed by atoms with Crippen LogP contribution in [0.2, 0.25) is 10.0 Å². The van der Waals surface area contributed by atoms with E-state index >= 15 is 0 Å². The summed E-state index contributed by atoms with van der Waals surface area (Å²) < 4.78 is 18.5. The molecular weight excluding hydrogens is 330 g/mol. The van der Waals surface area contributed by atoms with E-state index < -0.39 is 5.82 Å². The number of amides is 1. The molecule has 4 nitrogen and oxygen atoms in total. The molecule has 0 aliphatic heterocycles. The third-order valence-corrected chi connectivity index (χ3v) is 3.41. The summed E-state index contributed by atoms with van der Waals surface area (Å²) in [6.45, 7) is 0.0448. The Balaban J connectivity index is 1.87. The van der Waals surface area contributed by atoms with Gasteiger partial charge < -0.3 is 15.8 Å². The molecule has 0 atom stereocenters. The van der Waals surface area contributed by atoms with Gasteiger partial charge in [-0.1, -0.05) is 35.3 Å². The number of benzene rings is 2. The average Bonchev–Trinajstić information content (AvgIpc) is 2.46. The minimum absolute atomic E-state index is 0.0448. The first kappa shape index (κ1) is 16.4. The van der Waals surface area contributed by atoms with Crippen molar-refractivity contribution in [3.8, 4) is 5.75 Å². The van der Waals surface area contributed by atoms with Crippen molar-refractivity contribution in [3.05, 3.63) is 52.3 Å². The first-order valence-electron chi connectivity index (χ1n) is 6.39. The number of halogens is 3. The van der Waals surface area contributed by atoms with Crippen molar-refractivity contribution in [2.75, 3.05) is 17.7 Å². The molecule has 3 N–H and O–H groups in total. The highest BCUT2D eigenvalue weighted by molar-refractivity contribution is 6.39. The maximum atomic E-state index is 13.3. The van der Waals surface area contributed by atoms with Crippen LogP contribution in [-0.2, 0) is 4.79 Å². The Morgan fingerprint density at radius 2 is 1.86 bits per heavy atom. The van der Waals surface area contributed by atoms with Crippen molar-refractivity contribution >= 4 is 40.5 Å². The monoisotopic (exact) mass is 342 g/mol. The number of para-hydroxylation sites is 1. The Morgan fingerprint density at radius 3 is 2.50 bits per heavy atom. The molecule has 0 saturated carbocycles. The number of carbonyl (C=O) groups is 1. The molecule has 2 aromatic rings. The molecule has 116 valence electrons. The van der Waals surface area contributed by atoms with Crippen molar-refractivity contribution in [2.24, 2.45) is 0 Å². The van der Waals surface area contributed by atoms with Gasteiger partial charge in [-0.2, -0.15) is 0 Å². The van der Waals surface area contributed by atoms with Gasteiger partial charge in [0.1, 0.15) is 0 Å². The van der Waals surface area contributed by atoms with Crippen LogP contribution in [0.25, 0.3) is 0 Å². The predicted octanol–water partition coefficient (Wildman–Crippen LogP) is 4.12. The maximum absolute atomic E-state index is 13.3. The molecular formula is C15H13Cl2FN2O2. The van der Waals surface area contributed by atoms with Gasteiger partial charge in [-0.3, -0.25) is 4.79 Å². The van der Waals surface area contributed by atoms with Crippen LogP contribution in [0.1, 0.15) is 6.42 Å². The number of nitrogen functional groups attached to an aromatic ring is 1. The molecule has 7 heteroatoms. The molecule has 0 spiro atoms. The molecule has 0 radical (unpaired) electrons. The van der Waals surface area contributed by atoms with Crippen LogP contribution < -0.4 is 15.8 Å². The minimum Gasteiger partial charge on any atom is -0.490 e. The van der Waals surface area contributed by atoms with E-state index in [9.17, 15) is 9.18 Å². The maximum Gasteiger partial charge on any atom is 0.227 e. The molecule has 0 aromatic heterocycles. The highest BCUT2D eigenvalue weighted by Crippen LogP contribution is 2.31. The lowest BCUT2D eigenvalue weighted by Gasteiger charge is -2.09. The van der Waals surface area contributed by atoms with Crippen LogP contribution in [0.15, 0.2) is 36.4 Å². The van der Waals surface area contributed by atoms with Crippen LogP contribution in [0.5, 0.6) is 5.75 Å². The molecule has 0 fully saturated rings. The van der Waals surface area contributed by atoms with Gasteiger partial charge in [-0.15, -0.1) is 0 Å². The van der Waals surface area contributed by atoms with Gasteiger partial charge in [0.15, 0.2) is 11.6 Å². The number of nitrogens with one attached hydrogen (secondary N) is 1. The summed E-state index contributed by atoms with van der Waals surface area (Å²) in [5.74, 6) is -0.679. The number of hydrogen-bond donors (Lipinski definition) is 2. The molecule has 0 aliphatic carbocycles. The number of nitrogens with two attached hydrogens (primary N) is 1. The Kier molecular flexibility index (Phi) is 5.46. The van der Waals surface area contributed by atoms with Gasteiger partial charge in [0.05, 0.1) is 28.8 Å². The predicted molar refractivity (Wildman–Crippen MR) is 86.0 cm³/mol. The van der Waals surface area contributed by atoms with Crippen molar-refractivity contribution in [1.29, 1.82) is 0 Å². The van der Waals surface area contributed by atoms with E-state index in [0.717, 1.165) is 0 Å². The fraction of sp³-hybridized carbons (Fsp3) is 0.133. The van der Waals surface area contributed by atoms with Crippen LogP contribution in [0, 0.1) is 5.82 Å². The summed E-state index contributed by atoms with van der Waals surface area (Å²) in [7, 11) is 0. The zero-order chi connectivity index (χ0) is 16.1. The molecule has 0 saturated heterocycles. The fourth-order valence-electron chi connectivity index (χ4n) is 1.70. The van der Waals surface area contributed by atoms with Crippen molar-refractivity contribution in [1.82, 2.24) is 0 Å². The first-order valence-corrected chi connectivity index (χ1v) is 7.14. The molecule has 0 aliphatic rings. The summed E-state index contributed by atoms with van der Waals surface area (Å²) in [5, 5.41) is 3.12. The van der Waals surface area contributed by atoms with Crippen LogP contribution in [0.3, 0.4) is 0 Å². The summed E-state index contributed by atoms with van der Waals surface area (Å²) in [5.41, 5.74) is 6.29. The Morgan fingerprint density at radius 1 is 1.23 bits per heavy atom. The fourth-order valence-corrected chi connectivity index (χ4v) is 2.18. The van der Waals surface area contributed by atoms with Crippen molar-refractivity contribution in [3.63, 3.8) is 0 Å². The SMILES string of the molecule is Nc1c(Cl)cc(NC(=O)CCOc2ccccc2F)cc1Cl. The Bertz CT molecular complexity index is 672. The summed E-state index contributed by atoms with van der Waals surface area (Å²) in [6.07, 6.45) is 0.0496. The third-order valence-electron chi connectivity index (χ3n) is 2.79. The smallest absolute Gasteiger partial charge is 0.227 e. The largest absolute Gasteiger partial charge is 0.490 e. The number of rotatable bonds is 5. The topological polar surface area (TPSA) is 64.3 Å². The van der Waals surface area contributed by atoms with E-state index in [1.54, 1.807) is 12.1 Å². The number of hydrogen-bond acceptors (Lipinski definition) is 3. The lowest BCUT2D eigenvalue weighted by atomic mass is 10.2. The molecule has 1 amide bonds. The quantitative estimate of drug-likeness (QED) is 0.803. The van der Waals surface area contributed by atoms with Gasteiger partial charge >= 0.3 is 0 Å². The van der Waals surface area contributed by atoms with E-state index in [0.29, 0.717) is 5.69 Å². The molecule has 0 bridgehead atoms. The summed E-state index contributed by atoms with van der Waals surface area (Å²) >= 11 is 11.8. The Labute approximate surface area is 137 Å². The molecule has 22 heavy (non-hydrogen) atoms. The van der Waals surface area contributed by atoms with Gasteiger partial charge in [-0.05, 0) is 24.3 Å². The minimum atomic E-state index is -0.472. The normalized spacial score (nSPS) is 10.3. The average molecular weight is 343 g/mol. The highest BCUT2D eigenvalue weighted by atomic mass is 35.5. The third kappa shape index (κ3) is 4.26. The van der Waals surface area contributed by atoms with E-state index in [4.69, 9.17) is 33.7 Å². The van der Waals surface area contributed by atoms with E-state index in [1.807, 2.05) is 0 Å². The molecule has 0 unspecified atom stereocenters. The van der Waals surface area contributed by atoms with Crippen LogP contribution in [0.4, 0.5) is 15.8 Å². The number of anilines is 2. The lowest BCUT2D eigenvalue weighted by molar-refractivity contribution is -0.116. The standard InChI is InChI=1S/C15H13Cl2FN2O2/c16-10-7-9(8-11(17)15(10)19)20-14(21)5-6-22-13-4-2-1-3-12(13)18/h1-4,7-8H,5-6,19H2,(H,20,21). The summed E-state index contributed by atoms with van der Waals surface area (Å²) in [6, 6.07) is 8.98. The van der Waals surface area contributed by atoms with E-state index in [2.05, 4.69) is 5.32 Å². The molecule has 2 rings (SSSR count). The van der Waals surface area contributed by atoms with Crippen molar-refractivity contribution in [2.45, 2.75) is 6.42 Å². The second-order valence-electron chi connectivity index (χ2n) is 4.43. The van der Waals surface area contributed by atoms with Crippen LogP contribution >= 0.6 is 23.2 Å². The number of ether oxygens (including phenoxy) is 1. The zero-order valence-corrected chi connectivity index (χ0v) is 12.9. The van der Waals surface area contributed by atoms with Crippen LogP contribution in [-0.4, -0.2) is 12.5 Å². The summed E-state index contributed by atoms with van der Waals surface area (Å²) in [4.78, 5) is 11.8. The van der Waals surface area contributed by atoms with Gasteiger partial charge in [0.25, 0.3) is 0 Å². The molecule has 0 heterocycles. The zero-order valence-electron chi connectivity index (χ0n) is 11.4. The van der Waals surface area contributed by atoms with Gasteiger partial charge in [0.2, 0.25) is 5.91 Å².